The van der Waals surface area contributed by atoms with Crippen LogP contribution in [0.3, 0.4) is 0 Å². The van der Waals surface area contributed by atoms with Crippen molar-refractivity contribution in [2.45, 2.75) is 13.3 Å². The molecule has 0 bridgehead atoms. The summed E-state index contributed by atoms with van der Waals surface area (Å²) in [6.07, 6.45) is 5.18. The molecule has 0 aromatic carbocycles. The van der Waals surface area contributed by atoms with E-state index in [1.807, 2.05) is 0 Å². The number of hydrogen-bond donors (Lipinski definition) is 2. The van der Waals surface area contributed by atoms with E-state index in [-0.39, 0.29) is 30.4 Å². The lowest BCUT2D eigenvalue weighted by molar-refractivity contribution is 0.130. The molecule has 18 heavy (non-hydrogen) atoms. The molecule has 0 aliphatic heterocycles. The quantitative estimate of drug-likeness (QED) is 0.658. The van der Waals surface area contributed by atoms with E-state index in [9.17, 15) is 9.59 Å². The van der Waals surface area contributed by atoms with Crippen molar-refractivity contribution in [3.8, 4) is 12.3 Å². The topological polar surface area (TPSA) is 108 Å². The first kappa shape index (κ1) is 11.9. The summed E-state index contributed by atoms with van der Waals surface area (Å²) in [6, 6.07) is 0. The molecule has 0 spiro atoms. The first-order valence-corrected chi connectivity index (χ1v) is 5.01. The molecule has 2 heterocycles. The smallest absolute Gasteiger partial charge is 0.333 e. The highest BCUT2D eigenvalue weighted by molar-refractivity contribution is 5.71. The number of terminal acetylenes is 1. The van der Waals surface area contributed by atoms with Gasteiger partial charge in [0.05, 0.1) is 6.54 Å². The molecule has 0 saturated carbocycles. The van der Waals surface area contributed by atoms with Crippen molar-refractivity contribution in [2.24, 2.45) is 0 Å². The third-order valence-corrected chi connectivity index (χ3v) is 2.39. The highest BCUT2D eigenvalue weighted by Crippen LogP contribution is 2.06. The number of H-pyrrole nitrogens is 1. The van der Waals surface area contributed by atoms with E-state index in [0.29, 0.717) is 0 Å². The number of anilines is 1. The average Bonchev–Trinajstić information content (AvgIpc) is 2.56. The molecule has 0 radical (unpaired) electrons. The second-order valence-electron chi connectivity index (χ2n) is 3.54. The van der Waals surface area contributed by atoms with Gasteiger partial charge < -0.3 is 10.5 Å². The van der Waals surface area contributed by atoms with Gasteiger partial charge in [-0.05, 0) is 0 Å². The van der Waals surface area contributed by atoms with Crippen LogP contribution in [-0.4, -0.2) is 26.2 Å². The normalized spacial score (nSPS) is 10.7. The predicted octanol–water partition coefficient (Wildman–Crippen LogP) is -1.29. The van der Waals surface area contributed by atoms with Crippen LogP contribution in [0.5, 0.6) is 0 Å². The number of nitrogens with two attached hydrogens (primary N) is 1. The Balaban J connectivity index is 2.93. The monoisotopic (exact) mass is 249 g/mol. The van der Waals surface area contributed by atoms with Crippen molar-refractivity contribution < 1.29 is 4.74 Å². The molecule has 0 aliphatic rings. The van der Waals surface area contributed by atoms with Gasteiger partial charge in [0.1, 0.15) is 6.73 Å². The number of ether oxygens (including phenoxy) is 1. The van der Waals surface area contributed by atoms with Crippen molar-refractivity contribution in [1.29, 1.82) is 0 Å². The van der Waals surface area contributed by atoms with Crippen LogP contribution in [-0.2, 0) is 18.0 Å². The molecule has 0 amide bonds. The Hall–Kier alpha value is -2.53. The molecule has 2 aromatic rings. The third-order valence-electron chi connectivity index (χ3n) is 2.39. The number of rotatable bonds is 3. The predicted molar refractivity (Wildman–Crippen MR) is 64.9 cm³/mol. The molecular formula is C10H11N5O3. The highest BCUT2D eigenvalue weighted by atomic mass is 16.5. The van der Waals surface area contributed by atoms with E-state index in [1.165, 1.54) is 11.7 Å². The summed E-state index contributed by atoms with van der Waals surface area (Å²) in [6.45, 7) is -0.0659. The number of aromatic amines is 1. The molecule has 2 aromatic heterocycles. The first-order valence-electron chi connectivity index (χ1n) is 5.01. The maximum atomic E-state index is 12.0. The van der Waals surface area contributed by atoms with Crippen molar-refractivity contribution in [1.82, 2.24) is 19.1 Å². The van der Waals surface area contributed by atoms with Crippen molar-refractivity contribution in [3.63, 3.8) is 0 Å². The van der Waals surface area contributed by atoms with Crippen LogP contribution in [0.15, 0.2) is 9.59 Å². The van der Waals surface area contributed by atoms with Crippen LogP contribution >= 0.6 is 0 Å². The summed E-state index contributed by atoms with van der Waals surface area (Å²) in [5.74, 6) is 2.24. The van der Waals surface area contributed by atoms with E-state index in [0.717, 1.165) is 4.57 Å². The number of fused-ring (bicyclic) bond motifs is 1. The molecule has 0 saturated heterocycles. The Kier molecular flexibility index (Phi) is 2.91. The van der Waals surface area contributed by atoms with E-state index in [2.05, 4.69) is 15.9 Å². The number of imidazole rings is 1. The van der Waals surface area contributed by atoms with Crippen LogP contribution in [0.2, 0.25) is 0 Å². The maximum Gasteiger partial charge on any atom is 0.333 e. The molecule has 0 unspecified atom stereocenters. The summed E-state index contributed by atoms with van der Waals surface area (Å²) >= 11 is 0. The minimum Gasteiger partial charge on any atom is -0.369 e. The van der Waals surface area contributed by atoms with Crippen LogP contribution in [0.1, 0.15) is 0 Å². The van der Waals surface area contributed by atoms with E-state index in [4.69, 9.17) is 16.9 Å². The second kappa shape index (κ2) is 4.38. The first-order chi connectivity index (χ1) is 8.60. The number of nitrogen functional groups attached to an aromatic ring is 1. The summed E-state index contributed by atoms with van der Waals surface area (Å²) in [5.41, 5.74) is 4.71. The molecule has 0 atom stereocenters. The van der Waals surface area contributed by atoms with Gasteiger partial charge in [-0.2, -0.15) is 4.98 Å². The molecule has 3 N–H and O–H groups in total. The average molecular weight is 249 g/mol. The van der Waals surface area contributed by atoms with Crippen LogP contribution in [0, 0.1) is 12.3 Å². The van der Waals surface area contributed by atoms with Crippen LogP contribution in [0.25, 0.3) is 11.2 Å². The van der Waals surface area contributed by atoms with Gasteiger partial charge in [-0.3, -0.25) is 18.9 Å². The molecule has 94 valence electrons. The number of nitrogens with zero attached hydrogens (tertiary/aromatic N) is 3. The maximum absolute atomic E-state index is 12.0. The lowest BCUT2D eigenvalue weighted by atomic mass is 10.5. The zero-order chi connectivity index (χ0) is 13.3. The fourth-order valence-electron chi connectivity index (χ4n) is 1.72. The Bertz CT molecular complexity index is 746. The fraction of sp³-hybridized carbons (Fsp3) is 0.300. The Morgan fingerprint density at radius 1 is 1.50 bits per heavy atom. The minimum absolute atomic E-state index is 0.0271. The summed E-state index contributed by atoms with van der Waals surface area (Å²) in [5, 5.41) is 0. The number of hydrogen-bond acceptors (Lipinski definition) is 5. The molecule has 2 rings (SSSR count). The Labute approximate surface area is 101 Å². The van der Waals surface area contributed by atoms with E-state index < -0.39 is 11.2 Å². The molecule has 8 nitrogen and oxygen atoms in total. The molecular weight excluding hydrogens is 238 g/mol. The van der Waals surface area contributed by atoms with Gasteiger partial charge in [-0.1, -0.05) is 5.92 Å². The number of methoxy groups -OCH3 is 1. The molecule has 0 aliphatic carbocycles. The SMILES string of the molecule is C#CCn1c(=O)n(COC)c2nc(N)[nH]c(=O)c21. The van der Waals surface area contributed by atoms with Crippen LogP contribution in [0.4, 0.5) is 5.95 Å². The van der Waals surface area contributed by atoms with Crippen molar-refractivity contribution in [3.05, 3.63) is 20.8 Å². The van der Waals surface area contributed by atoms with Gasteiger partial charge in [0, 0.05) is 7.11 Å². The summed E-state index contributed by atoms with van der Waals surface area (Å²) < 4.78 is 7.24. The number of nitrogens with one attached hydrogen (secondary N) is 1. The zero-order valence-corrected chi connectivity index (χ0v) is 9.64. The Morgan fingerprint density at radius 3 is 2.83 bits per heavy atom. The third kappa shape index (κ3) is 1.66. The number of aromatic nitrogens is 4. The standard InChI is InChI=1S/C10H11N5O3/c1-3-4-14-6-7(12-9(11)13-8(6)16)15(5-18-2)10(14)17/h1H,4-5H2,2H3,(H3,11,12,13,16). The lowest BCUT2D eigenvalue weighted by Gasteiger charge is -1.99. The fourth-order valence-corrected chi connectivity index (χ4v) is 1.72. The summed E-state index contributed by atoms with van der Waals surface area (Å²) in [7, 11) is 1.42. The van der Waals surface area contributed by atoms with Crippen LogP contribution < -0.4 is 17.0 Å². The Morgan fingerprint density at radius 2 is 2.22 bits per heavy atom. The van der Waals surface area contributed by atoms with Gasteiger partial charge in [0.15, 0.2) is 11.2 Å². The van der Waals surface area contributed by atoms with Crippen molar-refractivity contribution >= 4 is 17.1 Å². The van der Waals surface area contributed by atoms with Gasteiger partial charge in [-0.15, -0.1) is 6.42 Å². The molecule has 0 fully saturated rings. The minimum atomic E-state index is -0.514. The lowest BCUT2D eigenvalue weighted by Crippen LogP contribution is -2.25. The molecule has 8 heteroatoms. The van der Waals surface area contributed by atoms with Gasteiger partial charge in [0.2, 0.25) is 5.95 Å². The van der Waals surface area contributed by atoms with Gasteiger partial charge >= 0.3 is 5.69 Å². The van der Waals surface area contributed by atoms with Gasteiger partial charge in [-0.25, -0.2) is 4.79 Å². The zero-order valence-electron chi connectivity index (χ0n) is 9.64. The van der Waals surface area contributed by atoms with E-state index >= 15 is 0 Å². The largest absolute Gasteiger partial charge is 0.369 e. The summed E-state index contributed by atoms with van der Waals surface area (Å²) in [4.78, 5) is 30.1. The highest BCUT2D eigenvalue weighted by Gasteiger charge is 2.17. The van der Waals surface area contributed by atoms with Crippen molar-refractivity contribution in [2.75, 3.05) is 12.8 Å². The second-order valence-corrected chi connectivity index (χ2v) is 3.54. The van der Waals surface area contributed by atoms with E-state index in [1.54, 1.807) is 0 Å². The van der Waals surface area contributed by atoms with Gasteiger partial charge in [0.25, 0.3) is 5.56 Å².